The van der Waals surface area contributed by atoms with Gasteiger partial charge in [-0.2, -0.15) is 0 Å². The van der Waals surface area contributed by atoms with Gasteiger partial charge in [0.25, 0.3) is 0 Å². The van der Waals surface area contributed by atoms with Crippen molar-refractivity contribution >= 4 is 27.9 Å². The average molecular weight is 296 g/mol. The number of pyridine rings is 1. The number of fused-ring (bicyclic) bond motifs is 1. The summed E-state index contributed by atoms with van der Waals surface area (Å²) in [6, 6.07) is 13.1. The van der Waals surface area contributed by atoms with Crippen LogP contribution in [0, 0.1) is 12.8 Å². The third-order valence-electron chi connectivity index (χ3n) is 3.80. The minimum absolute atomic E-state index is 0.330. The number of aryl methyl sites for hydroxylation is 1. The molecule has 0 amide bonds. The number of nitrogens with one attached hydrogen (secondary N) is 1. The van der Waals surface area contributed by atoms with Crippen molar-refractivity contribution in [2.45, 2.75) is 26.8 Å². The van der Waals surface area contributed by atoms with Crippen molar-refractivity contribution in [3.05, 3.63) is 58.4 Å². The predicted octanol–water partition coefficient (Wildman–Crippen LogP) is 5.41. The van der Waals surface area contributed by atoms with Crippen LogP contribution >= 0.6 is 11.3 Å². The van der Waals surface area contributed by atoms with E-state index in [9.17, 15) is 0 Å². The van der Waals surface area contributed by atoms with Crippen LogP contribution in [0.3, 0.4) is 0 Å². The molecule has 0 aliphatic carbocycles. The lowest BCUT2D eigenvalue weighted by molar-refractivity contribution is 0.554. The quantitative estimate of drug-likeness (QED) is 0.696. The Morgan fingerprint density at radius 1 is 1.10 bits per heavy atom. The Morgan fingerprint density at radius 3 is 2.67 bits per heavy atom. The lowest BCUT2D eigenvalue weighted by atomic mass is 10.0. The Morgan fingerprint density at radius 2 is 1.95 bits per heavy atom. The third kappa shape index (κ3) is 2.79. The van der Waals surface area contributed by atoms with Gasteiger partial charge < -0.3 is 5.32 Å². The molecule has 0 fully saturated rings. The van der Waals surface area contributed by atoms with Gasteiger partial charge in [0.15, 0.2) is 0 Å². The fraction of sp³-hybridized carbons (Fsp3) is 0.278. The number of rotatable bonds is 4. The van der Waals surface area contributed by atoms with Crippen molar-refractivity contribution in [1.82, 2.24) is 4.98 Å². The van der Waals surface area contributed by atoms with Gasteiger partial charge >= 0.3 is 0 Å². The highest BCUT2D eigenvalue weighted by Gasteiger charge is 2.17. The first-order valence-corrected chi connectivity index (χ1v) is 8.19. The summed E-state index contributed by atoms with van der Waals surface area (Å²) in [5, 5.41) is 7.06. The van der Waals surface area contributed by atoms with Gasteiger partial charge in [0.05, 0.1) is 11.6 Å². The van der Waals surface area contributed by atoms with E-state index in [-0.39, 0.29) is 0 Å². The van der Waals surface area contributed by atoms with Gasteiger partial charge in [0, 0.05) is 22.1 Å². The molecule has 0 spiro atoms. The number of anilines is 1. The zero-order valence-electron chi connectivity index (χ0n) is 12.6. The van der Waals surface area contributed by atoms with Crippen molar-refractivity contribution in [2.24, 2.45) is 5.92 Å². The molecule has 0 saturated heterocycles. The molecule has 1 unspecified atom stereocenters. The second-order valence-electron chi connectivity index (χ2n) is 5.71. The van der Waals surface area contributed by atoms with Crippen LogP contribution in [0.5, 0.6) is 0 Å². The summed E-state index contributed by atoms with van der Waals surface area (Å²) in [6.45, 7) is 6.62. The molecular formula is C18H20N2S. The molecule has 1 aromatic carbocycles. The van der Waals surface area contributed by atoms with E-state index >= 15 is 0 Å². The summed E-state index contributed by atoms with van der Waals surface area (Å²) in [5.74, 6) is 0.525. The topological polar surface area (TPSA) is 24.9 Å². The molecule has 2 aromatic heterocycles. The Labute approximate surface area is 129 Å². The summed E-state index contributed by atoms with van der Waals surface area (Å²) < 4.78 is 0. The van der Waals surface area contributed by atoms with Gasteiger partial charge in [-0.3, -0.25) is 4.98 Å². The van der Waals surface area contributed by atoms with Gasteiger partial charge in [-0.1, -0.05) is 26.0 Å². The molecule has 0 aliphatic heterocycles. The summed E-state index contributed by atoms with van der Waals surface area (Å²) in [4.78, 5) is 5.90. The highest BCUT2D eigenvalue weighted by atomic mass is 32.1. The van der Waals surface area contributed by atoms with Crippen LogP contribution in [0.2, 0.25) is 0 Å². The van der Waals surface area contributed by atoms with E-state index < -0.39 is 0 Å². The molecule has 0 radical (unpaired) electrons. The van der Waals surface area contributed by atoms with Crippen LogP contribution in [0.4, 0.5) is 5.69 Å². The van der Waals surface area contributed by atoms with Crippen molar-refractivity contribution in [2.75, 3.05) is 5.32 Å². The van der Waals surface area contributed by atoms with Crippen LogP contribution in [0.1, 0.15) is 30.3 Å². The van der Waals surface area contributed by atoms with E-state index in [4.69, 9.17) is 0 Å². The van der Waals surface area contributed by atoms with E-state index in [2.05, 4.69) is 66.8 Å². The molecule has 3 rings (SSSR count). The van der Waals surface area contributed by atoms with Gasteiger partial charge in [0.1, 0.15) is 0 Å². The van der Waals surface area contributed by atoms with Crippen molar-refractivity contribution in [1.29, 1.82) is 0 Å². The van der Waals surface area contributed by atoms with Crippen LogP contribution < -0.4 is 5.32 Å². The second kappa shape index (κ2) is 5.86. The lowest BCUT2D eigenvalue weighted by Gasteiger charge is -2.23. The number of hydrogen-bond acceptors (Lipinski definition) is 3. The van der Waals surface area contributed by atoms with Gasteiger partial charge in [0.2, 0.25) is 0 Å². The van der Waals surface area contributed by atoms with Gasteiger partial charge in [-0.15, -0.1) is 11.3 Å². The first-order valence-electron chi connectivity index (χ1n) is 7.31. The zero-order chi connectivity index (χ0) is 14.8. The second-order valence-corrected chi connectivity index (χ2v) is 6.69. The van der Waals surface area contributed by atoms with Crippen molar-refractivity contribution in [3.8, 4) is 0 Å². The fourth-order valence-corrected chi connectivity index (χ4v) is 3.59. The molecule has 2 nitrogen and oxygen atoms in total. The Balaban J connectivity index is 2.03. The minimum Gasteiger partial charge on any atom is -0.377 e. The van der Waals surface area contributed by atoms with Crippen LogP contribution in [-0.2, 0) is 0 Å². The Kier molecular flexibility index (Phi) is 3.93. The van der Waals surface area contributed by atoms with Crippen LogP contribution in [0.15, 0.2) is 48.0 Å². The van der Waals surface area contributed by atoms with Crippen LogP contribution in [-0.4, -0.2) is 4.98 Å². The third-order valence-corrected chi connectivity index (χ3v) is 4.75. The summed E-state index contributed by atoms with van der Waals surface area (Å²) in [7, 11) is 0. The van der Waals surface area contributed by atoms with Gasteiger partial charge in [-0.25, -0.2) is 0 Å². The first kappa shape index (κ1) is 14.1. The SMILES string of the molecule is Cc1ccc(NC(c2cccs2)C(C)C)c2cccnc12. The smallest absolute Gasteiger partial charge is 0.0751 e. The molecular weight excluding hydrogens is 276 g/mol. The Hall–Kier alpha value is -1.87. The molecule has 0 saturated carbocycles. The van der Waals surface area contributed by atoms with Crippen molar-refractivity contribution in [3.63, 3.8) is 0 Å². The van der Waals surface area contributed by atoms with E-state index in [0.717, 1.165) is 11.2 Å². The zero-order valence-corrected chi connectivity index (χ0v) is 13.4. The van der Waals surface area contributed by atoms with Crippen LogP contribution in [0.25, 0.3) is 10.9 Å². The number of hydrogen-bond donors (Lipinski definition) is 1. The summed E-state index contributed by atoms with van der Waals surface area (Å²) >= 11 is 1.81. The molecule has 1 N–H and O–H groups in total. The molecule has 2 heterocycles. The molecule has 1 atom stereocenters. The highest BCUT2D eigenvalue weighted by molar-refractivity contribution is 7.10. The maximum atomic E-state index is 4.52. The average Bonchev–Trinajstić information content (AvgIpc) is 3.00. The first-order chi connectivity index (χ1) is 10.2. The van der Waals surface area contributed by atoms with E-state index in [1.165, 1.54) is 15.8 Å². The normalized spacial score (nSPS) is 12.8. The highest BCUT2D eigenvalue weighted by Crippen LogP contribution is 2.33. The number of benzene rings is 1. The molecule has 0 aliphatic rings. The van der Waals surface area contributed by atoms with Gasteiger partial charge in [-0.05, 0) is 48.1 Å². The predicted molar refractivity (Wildman–Crippen MR) is 92.0 cm³/mol. The summed E-state index contributed by atoms with van der Waals surface area (Å²) in [6.07, 6.45) is 1.86. The molecule has 21 heavy (non-hydrogen) atoms. The minimum atomic E-state index is 0.330. The summed E-state index contributed by atoms with van der Waals surface area (Å²) in [5.41, 5.74) is 3.46. The number of thiophene rings is 1. The fourth-order valence-electron chi connectivity index (χ4n) is 2.64. The standard InChI is InChI=1S/C18H20N2S/c1-12(2)17(16-7-5-11-21-16)20-15-9-8-13(3)18-14(15)6-4-10-19-18/h4-12,17,20H,1-3H3. The maximum Gasteiger partial charge on any atom is 0.0751 e. The number of nitrogens with zero attached hydrogens (tertiary/aromatic N) is 1. The molecule has 108 valence electrons. The molecule has 3 aromatic rings. The Bertz CT molecular complexity index is 732. The largest absolute Gasteiger partial charge is 0.377 e. The number of aromatic nitrogens is 1. The van der Waals surface area contributed by atoms with E-state index in [0.29, 0.717) is 12.0 Å². The van der Waals surface area contributed by atoms with Crippen molar-refractivity contribution < 1.29 is 0 Å². The molecule has 3 heteroatoms. The monoisotopic (exact) mass is 296 g/mol. The van der Waals surface area contributed by atoms with E-state index in [1.54, 1.807) is 0 Å². The van der Waals surface area contributed by atoms with E-state index in [1.807, 2.05) is 23.6 Å². The lowest BCUT2D eigenvalue weighted by Crippen LogP contribution is -2.15. The maximum absolute atomic E-state index is 4.52. The molecule has 0 bridgehead atoms.